The molecule has 0 atom stereocenters. The van der Waals surface area contributed by atoms with Gasteiger partial charge in [-0.1, -0.05) is 18.2 Å². The van der Waals surface area contributed by atoms with Crippen molar-refractivity contribution in [3.05, 3.63) is 36.0 Å². The monoisotopic (exact) mass is 251 g/mol. The van der Waals surface area contributed by atoms with Gasteiger partial charge in [0.15, 0.2) is 0 Å². The fourth-order valence-electron chi connectivity index (χ4n) is 1.80. The summed E-state index contributed by atoms with van der Waals surface area (Å²) >= 11 is 0. The molecule has 0 bridgehead atoms. The Bertz CT molecular complexity index is 492. The van der Waals surface area contributed by atoms with Crippen molar-refractivity contribution in [3.63, 3.8) is 0 Å². The van der Waals surface area contributed by atoms with Crippen molar-refractivity contribution in [2.45, 2.75) is 13.4 Å². The molecule has 80 valence electrons. The third-order valence-electron chi connectivity index (χ3n) is 2.39. The maximum atomic E-state index is 12.3. The van der Waals surface area contributed by atoms with E-state index in [4.69, 9.17) is 0 Å². The fraction of sp³-hybridized carbons (Fsp3) is 0.200. The molecule has 0 aliphatic rings. The van der Waals surface area contributed by atoms with Crippen LogP contribution in [0.2, 0.25) is 0 Å². The van der Waals surface area contributed by atoms with Crippen LogP contribution in [0.3, 0.4) is 0 Å². The number of halogens is 3. The Balaban J connectivity index is 0.00000128. The van der Waals surface area contributed by atoms with Crippen LogP contribution in [0.15, 0.2) is 30.5 Å². The zero-order valence-electron chi connectivity index (χ0n) is 9.25. The normalized spacial score (nSPS) is 11.5. The van der Waals surface area contributed by atoms with E-state index in [1.807, 2.05) is 19.1 Å². The van der Waals surface area contributed by atoms with E-state index in [1.54, 1.807) is 18.3 Å². The van der Waals surface area contributed by atoms with Crippen LogP contribution in [0.5, 0.6) is 0 Å². The second-order valence-electron chi connectivity index (χ2n) is 3.69. The molecular weight excluding hydrogens is 241 g/mol. The first-order chi connectivity index (χ1) is 6.97. The molecule has 2 rings (SSSR count). The molecule has 0 aliphatic carbocycles. The maximum Gasteiger partial charge on any atom is 1.00 e. The van der Waals surface area contributed by atoms with Crippen molar-refractivity contribution in [2.24, 2.45) is 0 Å². The molecule has 1 aromatic heterocycles. The van der Waals surface area contributed by atoms with E-state index in [9.17, 15) is 12.9 Å². The summed E-state index contributed by atoms with van der Waals surface area (Å²) in [5.41, 5.74) is 1.53. The van der Waals surface area contributed by atoms with Crippen molar-refractivity contribution in [1.82, 2.24) is 4.57 Å². The first-order valence-electron chi connectivity index (χ1n) is 4.73. The molecule has 1 nitrogen and oxygen atoms in total. The van der Waals surface area contributed by atoms with Gasteiger partial charge in [-0.05, 0) is 25.0 Å². The third-order valence-corrected chi connectivity index (χ3v) is 2.39. The van der Waals surface area contributed by atoms with Gasteiger partial charge in [-0.2, -0.15) is 0 Å². The molecule has 2 aromatic rings. The molecular formula is C10H10BF3KN. The Morgan fingerprint density at radius 1 is 1.19 bits per heavy atom. The molecule has 16 heavy (non-hydrogen) atoms. The first kappa shape index (κ1) is 14.3. The number of rotatable bonds is 2. The zero-order chi connectivity index (χ0) is 11.1. The van der Waals surface area contributed by atoms with E-state index in [1.165, 1.54) is 4.57 Å². The number of fused-ring (bicyclic) bond motifs is 1. The minimum atomic E-state index is -4.79. The average Bonchev–Trinajstić information content (AvgIpc) is 2.42. The van der Waals surface area contributed by atoms with Crippen LogP contribution >= 0.6 is 0 Å². The van der Waals surface area contributed by atoms with Crippen LogP contribution in [-0.4, -0.2) is 11.5 Å². The van der Waals surface area contributed by atoms with Gasteiger partial charge < -0.3 is 17.5 Å². The summed E-state index contributed by atoms with van der Waals surface area (Å²) in [5.74, 6) is 0. The quantitative estimate of drug-likeness (QED) is 0.678. The smallest absolute Gasteiger partial charge is 0.448 e. The Morgan fingerprint density at radius 2 is 1.81 bits per heavy atom. The number of hydrogen-bond donors (Lipinski definition) is 0. The molecule has 0 fully saturated rings. The Morgan fingerprint density at radius 3 is 2.44 bits per heavy atom. The van der Waals surface area contributed by atoms with Crippen LogP contribution in [0.1, 0.15) is 5.56 Å². The fourth-order valence-corrected chi connectivity index (χ4v) is 1.80. The Labute approximate surface area is 134 Å². The average molecular weight is 251 g/mol. The van der Waals surface area contributed by atoms with Crippen molar-refractivity contribution >= 4 is 17.9 Å². The van der Waals surface area contributed by atoms with Crippen molar-refractivity contribution < 1.29 is 64.3 Å². The summed E-state index contributed by atoms with van der Waals surface area (Å²) in [6, 6.07) is 7.13. The molecule has 0 saturated heterocycles. The largest absolute Gasteiger partial charge is 1.00 e. The molecule has 0 aliphatic heterocycles. The Hall–Kier alpha value is 0.251. The summed E-state index contributed by atoms with van der Waals surface area (Å²) in [7, 11) is 0. The van der Waals surface area contributed by atoms with E-state index in [-0.39, 0.29) is 51.4 Å². The molecule has 1 aromatic carbocycles. The summed E-state index contributed by atoms with van der Waals surface area (Å²) in [6.45, 7) is -2.97. The van der Waals surface area contributed by atoms with Crippen LogP contribution in [-0.2, 0) is 6.44 Å². The van der Waals surface area contributed by atoms with Gasteiger partial charge >= 0.3 is 58.4 Å². The molecule has 0 N–H and O–H groups in total. The molecule has 6 heteroatoms. The predicted molar refractivity (Wildman–Crippen MR) is 55.8 cm³/mol. The second kappa shape index (κ2) is 5.27. The first-order valence-corrected chi connectivity index (χ1v) is 4.73. The molecule has 0 saturated carbocycles. The van der Waals surface area contributed by atoms with Gasteiger partial charge in [0.2, 0.25) is 0 Å². The van der Waals surface area contributed by atoms with Gasteiger partial charge in [0.05, 0.1) is 0 Å². The van der Waals surface area contributed by atoms with Gasteiger partial charge in [-0.25, -0.2) is 0 Å². The van der Waals surface area contributed by atoms with Crippen LogP contribution in [0.25, 0.3) is 10.9 Å². The molecule has 0 unspecified atom stereocenters. The topological polar surface area (TPSA) is 4.93 Å². The van der Waals surface area contributed by atoms with Crippen LogP contribution in [0.4, 0.5) is 12.9 Å². The standard InChI is InChI=1S/C10H10BF3N.K/c1-8-6-15(7-11(12,13)14)10-5-3-2-4-9(8)10;/h2-6H,7H2,1H3;/q-1;+1. The van der Waals surface area contributed by atoms with E-state index in [2.05, 4.69) is 0 Å². The Kier molecular flexibility index (Phi) is 4.71. The number of aryl methyl sites for hydroxylation is 1. The SMILES string of the molecule is Cc1cn(C[B-](F)(F)F)c2ccccc12.[K+]. The van der Waals surface area contributed by atoms with Crippen LogP contribution < -0.4 is 51.4 Å². The molecule has 0 radical (unpaired) electrons. The molecule has 1 heterocycles. The van der Waals surface area contributed by atoms with Gasteiger partial charge in [0.1, 0.15) is 0 Å². The predicted octanol–water partition coefficient (Wildman–Crippen LogP) is 0.340. The van der Waals surface area contributed by atoms with Gasteiger partial charge in [0, 0.05) is 17.1 Å². The van der Waals surface area contributed by atoms with E-state index >= 15 is 0 Å². The van der Waals surface area contributed by atoms with Gasteiger partial charge in [0.25, 0.3) is 0 Å². The van der Waals surface area contributed by atoms with Crippen molar-refractivity contribution in [3.8, 4) is 0 Å². The molecule has 0 spiro atoms. The number of aromatic nitrogens is 1. The van der Waals surface area contributed by atoms with Crippen molar-refractivity contribution in [2.75, 3.05) is 0 Å². The third kappa shape index (κ3) is 3.14. The van der Waals surface area contributed by atoms with Crippen molar-refractivity contribution in [1.29, 1.82) is 0 Å². The van der Waals surface area contributed by atoms with Gasteiger partial charge in [-0.15, -0.1) is 0 Å². The summed E-state index contributed by atoms with van der Waals surface area (Å²) in [5, 5.41) is 0.887. The van der Waals surface area contributed by atoms with Crippen LogP contribution in [0, 0.1) is 6.92 Å². The summed E-state index contributed by atoms with van der Waals surface area (Å²) < 4.78 is 38.2. The number of benzene rings is 1. The van der Waals surface area contributed by atoms with E-state index < -0.39 is 13.4 Å². The van der Waals surface area contributed by atoms with Gasteiger partial charge in [-0.3, -0.25) is 0 Å². The number of nitrogens with zero attached hydrogens (tertiary/aromatic N) is 1. The van der Waals surface area contributed by atoms with E-state index in [0.717, 1.165) is 10.9 Å². The maximum absolute atomic E-state index is 12.3. The zero-order valence-corrected chi connectivity index (χ0v) is 12.4. The summed E-state index contributed by atoms with van der Waals surface area (Å²) in [4.78, 5) is 0. The molecule has 0 amide bonds. The van der Waals surface area contributed by atoms with E-state index in [0.29, 0.717) is 5.52 Å². The minimum Gasteiger partial charge on any atom is -0.448 e. The summed E-state index contributed by atoms with van der Waals surface area (Å²) in [6.07, 6.45) is 0.689. The second-order valence-corrected chi connectivity index (χ2v) is 3.69. The minimum absolute atomic E-state index is 0. The number of hydrogen-bond acceptors (Lipinski definition) is 0. The number of para-hydroxylation sites is 1.